The number of ether oxygens (including phenoxy) is 2. The zero-order chi connectivity index (χ0) is 62.0. The first-order valence-electron chi connectivity index (χ1n) is 27.9. The number of anilines is 4. The van der Waals surface area contributed by atoms with Gasteiger partial charge in [0, 0.05) is 63.1 Å². The fourth-order valence-corrected chi connectivity index (χ4v) is 8.80. The molecular weight excluding hydrogens is 1110 g/mol. The van der Waals surface area contributed by atoms with Crippen molar-refractivity contribution in [3.63, 3.8) is 0 Å². The van der Waals surface area contributed by atoms with Crippen LogP contribution in [0.3, 0.4) is 0 Å². The van der Waals surface area contributed by atoms with Gasteiger partial charge in [0.1, 0.15) is 34.9 Å². The number of amidine groups is 2. The average molecular weight is 1200 g/mol. The molecule has 24 heteroatoms. The summed E-state index contributed by atoms with van der Waals surface area (Å²) < 4.78 is 63.7. The van der Waals surface area contributed by atoms with E-state index in [-0.39, 0.29) is 40.0 Å². The second-order valence-electron chi connectivity index (χ2n) is 18.4. The first-order chi connectivity index (χ1) is 39.8. The Morgan fingerprint density at radius 2 is 1.02 bits per heavy atom. The van der Waals surface area contributed by atoms with Crippen LogP contribution in [0.1, 0.15) is 98.4 Å². The van der Waals surface area contributed by atoms with Gasteiger partial charge in [-0.05, 0) is 124 Å². The number of carbonyl (C=O) groups is 2. The zero-order valence-corrected chi connectivity index (χ0v) is 51.4. The van der Waals surface area contributed by atoms with Gasteiger partial charge in [0.25, 0.3) is 0 Å². The summed E-state index contributed by atoms with van der Waals surface area (Å²) in [7, 11) is 2.53. The molecule has 0 radical (unpaired) electrons. The lowest BCUT2D eigenvalue weighted by atomic mass is 9.96. The molecule has 0 saturated carbocycles. The van der Waals surface area contributed by atoms with Gasteiger partial charge in [-0.2, -0.15) is 0 Å². The number of methoxy groups -OCH3 is 2. The molecule has 458 valence electrons. The second kappa shape index (κ2) is 39.8. The fraction of sp³-hybridized carbons (Fsp3) is 0.492. The molecule has 2 aliphatic heterocycles. The van der Waals surface area contributed by atoms with Crippen LogP contribution >= 0.6 is 23.8 Å². The highest BCUT2D eigenvalue weighted by Crippen LogP contribution is 2.32. The molecule has 4 aromatic carbocycles. The molecule has 0 unspecified atom stereocenters. The fourth-order valence-electron chi connectivity index (χ4n) is 8.51. The van der Waals surface area contributed by atoms with Crippen molar-refractivity contribution in [1.29, 1.82) is 0 Å². The van der Waals surface area contributed by atoms with E-state index in [1.54, 1.807) is 12.1 Å². The van der Waals surface area contributed by atoms with Gasteiger partial charge in [-0.3, -0.25) is 9.98 Å². The van der Waals surface area contributed by atoms with Crippen LogP contribution in [-0.4, -0.2) is 178 Å². The number of nitrogens with one attached hydrogen (secondary N) is 2. The third-order valence-electron chi connectivity index (χ3n) is 13.6. The molecule has 2 aliphatic rings. The van der Waals surface area contributed by atoms with Gasteiger partial charge in [-0.1, -0.05) is 78.2 Å². The van der Waals surface area contributed by atoms with E-state index in [2.05, 4.69) is 128 Å². The van der Waals surface area contributed by atoms with Crippen LogP contribution in [-0.2, 0) is 28.7 Å². The maximum atomic E-state index is 14.4. The Morgan fingerprint density at radius 3 is 1.45 bits per heavy atom. The molecule has 6 rings (SSSR count). The number of oxime groups is 1. The molecule has 0 bridgehead atoms. The summed E-state index contributed by atoms with van der Waals surface area (Å²) in [6.07, 6.45) is 1.07. The van der Waals surface area contributed by atoms with E-state index in [0.717, 1.165) is 97.7 Å². The first kappa shape index (κ1) is 72.5. The number of nitrogens with zero attached hydrogens (tertiary/aromatic N) is 8. The summed E-state index contributed by atoms with van der Waals surface area (Å²) in [6, 6.07) is 12.3. The number of fused-ring (bicyclic) bond motifs is 2. The highest BCUT2D eigenvalue weighted by atomic mass is 35.5. The monoisotopic (exact) mass is 1200 g/mol. The van der Waals surface area contributed by atoms with Crippen LogP contribution < -0.4 is 27.8 Å². The highest BCUT2D eigenvalue weighted by molar-refractivity contribution is 7.78. The number of likely N-dealkylation sites (N-methyl/N-ethyl adjacent to an activating group) is 4. The topological polar surface area (TPSA) is 237 Å². The van der Waals surface area contributed by atoms with Gasteiger partial charge in [0.05, 0.1) is 83.6 Å². The quantitative estimate of drug-likeness (QED) is 0.00729. The van der Waals surface area contributed by atoms with E-state index < -0.39 is 23.6 Å². The number of carbonyl (C=O) groups excluding carboxylic acids is 2. The number of nitrogens with two attached hydrogens (primary N) is 3. The largest absolute Gasteiger partial charge is 0.465 e. The van der Waals surface area contributed by atoms with Crippen molar-refractivity contribution in [2.24, 2.45) is 25.9 Å². The number of hydrogen-bond donors (Lipinski definition) is 6. The third kappa shape index (κ3) is 23.6. The molecule has 0 saturated heterocycles. The second-order valence-corrected chi connectivity index (χ2v) is 19.0. The van der Waals surface area contributed by atoms with E-state index in [1.165, 1.54) is 50.6 Å². The molecule has 0 amide bonds. The average Bonchev–Trinajstić information content (AvgIpc) is 4.36. The van der Waals surface area contributed by atoms with Crippen molar-refractivity contribution >= 4 is 81.1 Å². The van der Waals surface area contributed by atoms with Crippen LogP contribution in [0.2, 0.25) is 5.02 Å². The summed E-state index contributed by atoms with van der Waals surface area (Å²) in [5.41, 5.74) is 19.8. The minimum Gasteiger partial charge on any atom is -0.465 e. The zero-order valence-electron chi connectivity index (χ0n) is 49.8. The Hall–Kier alpha value is -6.56. The van der Waals surface area contributed by atoms with Crippen molar-refractivity contribution in [2.45, 2.75) is 74.7 Å². The lowest BCUT2D eigenvalue weighted by Gasteiger charge is -2.16. The molecule has 9 N–H and O–H groups in total. The van der Waals surface area contributed by atoms with Crippen molar-refractivity contribution in [1.82, 2.24) is 19.6 Å². The Morgan fingerprint density at radius 1 is 0.614 bits per heavy atom. The van der Waals surface area contributed by atoms with E-state index in [1.807, 2.05) is 0 Å². The van der Waals surface area contributed by atoms with Gasteiger partial charge in [-0.15, -0.1) is 0 Å². The maximum Gasteiger partial charge on any atom is 0.340 e. The van der Waals surface area contributed by atoms with E-state index in [4.69, 9.17) is 33.5 Å². The number of aliphatic imine (C=N–C) groups is 3. The lowest BCUT2D eigenvalue weighted by Crippen LogP contribution is -2.28. The van der Waals surface area contributed by atoms with Crippen molar-refractivity contribution in [2.75, 3.05) is 141 Å². The first-order valence-corrected chi connectivity index (χ1v) is 28.6. The molecule has 0 spiro atoms. The molecule has 2 heterocycles. The summed E-state index contributed by atoms with van der Waals surface area (Å²) >= 11 is 10.3. The number of hydrogen-bond acceptors (Lipinski definition) is 17. The molecule has 0 atom stereocenters. The van der Waals surface area contributed by atoms with Gasteiger partial charge in [0.15, 0.2) is 0 Å². The number of nitrogen functional groups attached to an aromatic ring is 2. The maximum absolute atomic E-state index is 14.4. The number of benzene rings is 4. The summed E-state index contributed by atoms with van der Waals surface area (Å²) in [6.45, 7) is 31.9. The molecular formula is C59H86ClF4N13O5S. The van der Waals surface area contributed by atoms with Crippen molar-refractivity contribution < 1.29 is 41.8 Å². The molecule has 4 aromatic rings. The lowest BCUT2D eigenvalue weighted by molar-refractivity contribution is 0.0592. The van der Waals surface area contributed by atoms with E-state index >= 15 is 0 Å². The SMILES string of the molecule is CCN(CC)CCN.CCN(CC)CCN=C1Cc2c(/C(Cc3ccc(F)c(Cl)c3)=N/O)ccc(F)c2N1.CCN(CC)CCN=C1Cc2c(C(=O)OC)ccc(F)c2N1.CCN(CC)CCN=C=S.COC(=O)c1ccc(F)c(N)c1N. The smallest absolute Gasteiger partial charge is 0.340 e. The number of esters is 2. The highest BCUT2D eigenvalue weighted by Gasteiger charge is 2.27. The minimum absolute atomic E-state index is 0.00147. The molecule has 0 aromatic heterocycles. The van der Waals surface area contributed by atoms with Crippen LogP contribution in [0, 0.1) is 23.3 Å². The van der Waals surface area contributed by atoms with Gasteiger partial charge in [0.2, 0.25) is 0 Å². The third-order valence-corrected chi connectivity index (χ3v) is 14.1. The molecule has 0 aliphatic carbocycles. The normalized spacial score (nSPS) is 13.1. The van der Waals surface area contributed by atoms with Gasteiger partial charge < -0.3 is 62.1 Å². The number of isothiocyanates is 1. The number of rotatable bonds is 24. The molecule has 83 heavy (non-hydrogen) atoms. The molecule has 0 fully saturated rings. The number of thiocarbonyl (C=S) groups is 1. The van der Waals surface area contributed by atoms with E-state index in [9.17, 15) is 32.4 Å². The number of halogens is 5. The summed E-state index contributed by atoms with van der Waals surface area (Å²) in [4.78, 5) is 44.8. The van der Waals surface area contributed by atoms with E-state index in [0.29, 0.717) is 82.5 Å². The summed E-state index contributed by atoms with van der Waals surface area (Å²) in [5.74, 6) is -1.64. The Bertz CT molecular complexity index is 2810. The van der Waals surface area contributed by atoms with Crippen LogP contribution in [0.25, 0.3) is 0 Å². The van der Waals surface area contributed by atoms with Gasteiger partial charge in [-0.25, -0.2) is 32.1 Å². The predicted molar refractivity (Wildman–Crippen MR) is 333 cm³/mol. The minimum atomic E-state index is -0.648. The standard InChI is InChI=1S/C22H25ClF2N4O.C16H22FN3O2.C8H9FN2O2.C7H14N2S.C6H16N2/c1-3-29(4-2)10-9-26-21-13-16-15(6-8-19(25)22(16)27-21)20(28-30)12-14-5-7-18(24)17(23)11-14;1-4-20(5-2)9-8-18-14-10-12-11(16(21)22-3)6-7-13(17)15(12)19-14;1-13-8(12)4-2-3-5(9)7(11)6(4)10;1-3-9(4-2)6-5-8-7-10;1-3-8(4-2)6-5-7/h5-8,11,30H,3-4,9-10,12-13H2,1-2H3,(H,26,27);6-7H,4-5,8-10H2,1-3H3,(H,18,19);2-3H,10-11H2,1H3;3-6H2,1-2H3;3-7H2,1-2H3/b28-20+;;;;. The Kier molecular flexibility index (Phi) is 34.8. The Balaban J connectivity index is 0.000000387. The van der Waals surface area contributed by atoms with Crippen LogP contribution in [0.15, 0.2) is 74.7 Å². The van der Waals surface area contributed by atoms with Crippen molar-refractivity contribution in [3.05, 3.63) is 116 Å². The van der Waals surface area contributed by atoms with Gasteiger partial charge >= 0.3 is 11.9 Å². The van der Waals surface area contributed by atoms with Crippen LogP contribution in [0.4, 0.5) is 40.3 Å². The Labute approximate surface area is 498 Å². The summed E-state index contributed by atoms with van der Waals surface area (Å²) in [5, 5.41) is 21.4. The predicted octanol–water partition coefficient (Wildman–Crippen LogP) is 9.56. The molecule has 18 nitrogen and oxygen atoms in total. The van der Waals surface area contributed by atoms with Crippen molar-refractivity contribution in [3.8, 4) is 0 Å². The van der Waals surface area contributed by atoms with Crippen LogP contribution in [0.5, 0.6) is 0 Å².